The van der Waals surface area contributed by atoms with Gasteiger partial charge in [-0.05, 0) is 59.7 Å². The molecule has 0 unspecified atom stereocenters. The quantitative estimate of drug-likeness (QED) is 0.284. The maximum absolute atomic E-state index is 12.7. The predicted molar refractivity (Wildman–Crippen MR) is 142 cm³/mol. The van der Waals surface area contributed by atoms with Crippen molar-refractivity contribution in [3.63, 3.8) is 0 Å². The summed E-state index contributed by atoms with van der Waals surface area (Å²) < 4.78 is 1.75. The number of aliphatic carboxylic acids is 1. The van der Waals surface area contributed by atoms with Gasteiger partial charge >= 0.3 is 5.97 Å². The maximum atomic E-state index is 12.7. The Morgan fingerprint density at radius 3 is 2.14 bits per heavy atom. The molecule has 36 heavy (non-hydrogen) atoms. The smallest absolute Gasteiger partial charge is 0.323 e. The Bertz CT molecular complexity index is 1500. The van der Waals surface area contributed by atoms with Gasteiger partial charge in [-0.3, -0.25) is 9.59 Å². The normalized spacial score (nSPS) is 11.2. The molecule has 0 aliphatic rings. The number of nitrogens with zero attached hydrogens (tertiary/aromatic N) is 1. The van der Waals surface area contributed by atoms with Crippen LogP contribution in [0.4, 0.5) is 0 Å². The molecule has 180 valence electrons. The molecule has 0 atom stereocenters. The third kappa shape index (κ3) is 5.01. The Labute approximate surface area is 209 Å². The van der Waals surface area contributed by atoms with E-state index in [1.165, 1.54) is 11.1 Å². The van der Waals surface area contributed by atoms with Crippen molar-refractivity contribution in [1.82, 2.24) is 9.55 Å². The van der Waals surface area contributed by atoms with E-state index in [2.05, 4.69) is 35.3 Å². The summed E-state index contributed by atoms with van der Waals surface area (Å²) >= 11 is 0. The second-order valence-electron chi connectivity index (χ2n) is 9.08. The summed E-state index contributed by atoms with van der Waals surface area (Å²) in [6, 6.07) is 30.7. The lowest BCUT2D eigenvalue weighted by Gasteiger charge is -2.19. The molecule has 2 N–H and O–H groups in total. The number of hydrogen-bond acceptors (Lipinski definition) is 2. The number of pyridine rings is 1. The molecule has 2 heterocycles. The van der Waals surface area contributed by atoms with Gasteiger partial charge in [-0.2, -0.15) is 0 Å². The zero-order valence-corrected chi connectivity index (χ0v) is 19.9. The molecule has 0 radical (unpaired) electrons. The van der Waals surface area contributed by atoms with Gasteiger partial charge in [0.2, 0.25) is 0 Å². The van der Waals surface area contributed by atoms with E-state index in [1.807, 2.05) is 73.1 Å². The zero-order valence-electron chi connectivity index (χ0n) is 19.9. The first-order chi connectivity index (χ1) is 17.6. The van der Waals surface area contributed by atoms with E-state index in [9.17, 15) is 9.59 Å². The topological polar surface area (TPSA) is 75.1 Å². The Hall–Kier alpha value is -4.38. The molecule has 0 saturated heterocycles. The number of H-pyrrole nitrogens is 1. The second-order valence-corrected chi connectivity index (χ2v) is 9.08. The summed E-state index contributed by atoms with van der Waals surface area (Å²) in [5.74, 6) is -0.827. The molecule has 5 rings (SSSR count). The van der Waals surface area contributed by atoms with Crippen LogP contribution in [-0.2, 0) is 24.2 Å². The van der Waals surface area contributed by atoms with Crippen molar-refractivity contribution < 1.29 is 9.90 Å². The van der Waals surface area contributed by atoms with Gasteiger partial charge in [0.05, 0.1) is 0 Å². The number of carbonyl (C=O) groups is 1. The van der Waals surface area contributed by atoms with Crippen molar-refractivity contribution in [2.45, 2.75) is 31.7 Å². The van der Waals surface area contributed by atoms with E-state index >= 15 is 0 Å². The molecular weight excluding hydrogens is 448 g/mol. The van der Waals surface area contributed by atoms with Crippen LogP contribution in [0.1, 0.15) is 40.2 Å². The first kappa shape index (κ1) is 23.4. The maximum Gasteiger partial charge on any atom is 0.323 e. The standard InChI is InChI=1S/C31H28N2O3/c34-29(35)21-33-18-17-27-22(14-8-16-28(27)33)13-7-15-25-19-26(20-32-31(25)36)30(23-9-3-1-4-10-23)24-11-5-2-6-12-24/h1-6,8-12,14,16-20,30H,7,13,15,21H2,(H,32,36)(H,34,35). The minimum absolute atomic E-state index is 0.0331. The molecule has 2 aromatic heterocycles. The molecule has 0 spiro atoms. The molecule has 0 bridgehead atoms. The van der Waals surface area contributed by atoms with Crippen LogP contribution >= 0.6 is 0 Å². The average Bonchev–Trinajstić information content (AvgIpc) is 3.30. The Morgan fingerprint density at radius 2 is 1.47 bits per heavy atom. The number of aromatic amines is 1. The molecular formula is C31H28N2O3. The van der Waals surface area contributed by atoms with E-state index in [-0.39, 0.29) is 18.0 Å². The van der Waals surface area contributed by atoms with Gasteiger partial charge in [0, 0.05) is 34.8 Å². The number of carboxylic acids is 1. The van der Waals surface area contributed by atoms with E-state index in [1.54, 1.807) is 4.57 Å². The van der Waals surface area contributed by atoms with E-state index in [0.29, 0.717) is 6.42 Å². The summed E-state index contributed by atoms with van der Waals surface area (Å²) in [6.07, 6.45) is 5.94. The number of rotatable bonds is 9. The minimum Gasteiger partial charge on any atom is -0.480 e. The number of carboxylic acid groups (broad SMARTS) is 1. The van der Waals surface area contributed by atoms with Gasteiger partial charge in [-0.25, -0.2) is 0 Å². The molecule has 0 fully saturated rings. The molecule has 5 heteroatoms. The van der Waals surface area contributed by atoms with Gasteiger partial charge in [-0.15, -0.1) is 0 Å². The molecule has 3 aromatic carbocycles. The van der Waals surface area contributed by atoms with Crippen LogP contribution in [0.3, 0.4) is 0 Å². The molecule has 0 aliphatic carbocycles. The largest absolute Gasteiger partial charge is 0.480 e. The van der Waals surface area contributed by atoms with Gasteiger partial charge in [0.1, 0.15) is 6.54 Å². The van der Waals surface area contributed by atoms with Crippen molar-refractivity contribution in [2.24, 2.45) is 0 Å². The van der Waals surface area contributed by atoms with E-state index in [0.717, 1.165) is 40.4 Å². The summed E-state index contributed by atoms with van der Waals surface area (Å²) in [5, 5.41) is 10.2. The molecule has 0 aliphatic heterocycles. The fourth-order valence-corrected chi connectivity index (χ4v) is 5.03. The third-order valence-electron chi connectivity index (χ3n) is 6.70. The van der Waals surface area contributed by atoms with Crippen molar-refractivity contribution >= 4 is 16.9 Å². The van der Waals surface area contributed by atoms with Gasteiger partial charge in [0.25, 0.3) is 5.56 Å². The summed E-state index contributed by atoms with van der Waals surface area (Å²) in [7, 11) is 0. The lowest BCUT2D eigenvalue weighted by Crippen LogP contribution is -2.15. The summed E-state index contributed by atoms with van der Waals surface area (Å²) in [4.78, 5) is 26.8. The Balaban J connectivity index is 1.38. The molecule has 0 amide bonds. The van der Waals surface area contributed by atoms with Crippen LogP contribution in [0, 0.1) is 0 Å². The Kier molecular flexibility index (Phi) is 6.80. The second kappa shape index (κ2) is 10.5. The van der Waals surface area contributed by atoms with Crippen LogP contribution in [0.5, 0.6) is 0 Å². The molecule has 0 saturated carbocycles. The fourth-order valence-electron chi connectivity index (χ4n) is 5.03. The highest BCUT2D eigenvalue weighted by Gasteiger charge is 2.18. The number of hydrogen-bond donors (Lipinski definition) is 2. The van der Waals surface area contributed by atoms with Gasteiger partial charge < -0.3 is 14.7 Å². The monoisotopic (exact) mass is 476 g/mol. The highest BCUT2D eigenvalue weighted by molar-refractivity contribution is 5.85. The minimum atomic E-state index is -0.860. The summed E-state index contributed by atoms with van der Waals surface area (Å²) in [5.41, 5.74) is 6.23. The lowest BCUT2D eigenvalue weighted by atomic mass is 9.85. The highest BCUT2D eigenvalue weighted by Crippen LogP contribution is 2.31. The number of aryl methyl sites for hydroxylation is 2. The van der Waals surface area contributed by atoms with Crippen LogP contribution in [0.25, 0.3) is 10.9 Å². The third-order valence-corrected chi connectivity index (χ3v) is 6.70. The number of nitrogens with one attached hydrogen (secondary N) is 1. The molecule has 5 nitrogen and oxygen atoms in total. The zero-order chi connectivity index (χ0) is 24.9. The SMILES string of the molecule is O=C(O)Cn1ccc2c(CCCc3cc(C(c4ccccc4)c4ccccc4)c[nH]c3=O)cccc21. The number of benzene rings is 3. The van der Waals surface area contributed by atoms with E-state index in [4.69, 9.17) is 5.11 Å². The van der Waals surface area contributed by atoms with Crippen molar-refractivity contribution in [3.05, 3.63) is 142 Å². The van der Waals surface area contributed by atoms with Crippen LogP contribution < -0.4 is 5.56 Å². The first-order valence-electron chi connectivity index (χ1n) is 12.2. The number of aromatic nitrogens is 2. The van der Waals surface area contributed by atoms with Crippen LogP contribution in [0.15, 0.2) is 108 Å². The Morgan fingerprint density at radius 1 is 0.806 bits per heavy atom. The first-order valence-corrected chi connectivity index (χ1v) is 12.2. The van der Waals surface area contributed by atoms with Crippen LogP contribution in [-0.4, -0.2) is 20.6 Å². The molecule has 5 aromatic rings. The van der Waals surface area contributed by atoms with Crippen molar-refractivity contribution in [1.29, 1.82) is 0 Å². The van der Waals surface area contributed by atoms with Gasteiger partial charge in [-0.1, -0.05) is 72.8 Å². The highest BCUT2D eigenvalue weighted by atomic mass is 16.4. The fraction of sp³-hybridized carbons (Fsp3) is 0.161. The summed E-state index contributed by atoms with van der Waals surface area (Å²) in [6.45, 7) is -0.0564. The lowest BCUT2D eigenvalue weighted by molar-refractivity contribution is -0.137. The van der Waals surface area contributed by atoms with Crippen molar-refractivity contribution in [2.75, 3.05) is 0 Å². The average molecular weight is 477 g/mol. The number of fused-ring (bicyclic) bond motifs is 1. The van der Waals surface area contributed by atoms with Crippen LogP contribution in [0.2, 0.25) is 0 Å². The van der Waals surface area contributed by atoms with Gasteiger partial charge in [0.15, 0.2) is 0 Å². The van der Waals surface area contributed by atoms with Crippen molar-refractivity contribution in [3.8, 4) is 0 Å². The van der Waals surface area contributed by atoms with E-state index < -0.39 is 5.97 Å². The predicted octanol–water partition coefficient (Wildman–Crippen LogP) is 5.77.